The number of rotatable bonds is 4. The van der Waals surface area contributed by atoms with Gasteiger partial charge in [-0.25, -0.2) is 9.97 Å². The van der Waals surface area contributed by atoms with Gasteiger partial charge in [-0.15, -0.1) is 0 Å². The Morgan fingerprint density at radius 3 is 2.26 bits per heavy atom. The predicted octanol–water partition coefficient (Wildman–Crippen LogP) is 1.13. The fraction of sp³-hybridized carbons (Fsp3) is 0.688. The number of hydrogen-bond acceptors (Lipinski definition) is 6. The summed E-state index contributed by atoms with van der Waals surface area (Å²) in [5, 5.41) is 3.17. The van der Waals surface area contributed by atoms with Gasteiger partial charge in [0.25, 0.3) is 5.91 Å². The second-order valence-corrected chi connectivity index (χ2v) is 6.45. The number of nitrogens with one attached hydrogen (secondary N) is 1. The Kier molecular flexibility index (Phi) is 4.66. The minimum Gasteiger partial charge on any atom is -0.480 e. The van der Waals surface area contributed by atoms with E-state index in [4.69, 9.17) is 15.2 Å². The van der Waals surface area contributed by atoms with Crippen molar-refractivity contribution in [2.75, 3.05) is 14.2 Å². The molecule has 1 amide bonds. The predicted molar refractivity (Wildman–Crippen MR) is 84.4 cm³/mol. The number of methoxy groups -OCH3 is 2. The van der Waals surface area contributed by atoms with Crippen LogP contribution in [0.3, 0.4) is 0 Å². The Hall–Kier alpha value is -1.89. The summed E-state index contributed by atoms with van der Waals surface area (Å²) in [6.07, 6.45) is 6.73. The SMILES string of the molecule is COc1ncnc(OC)c1C(=O)NC1C2CCCC1CC(N)C2. The zero-order valence-corrected chi connectivity index (χ0v) is 13.6. The minimum atomic E-state index is -0.239. The van der Waals surface area contributed by atoms with Crippen LogP contribution in [-0.4, -0.2) is 42.2 Å². The van der Waals surface area contributed by atoms with E-state index >= 15 is 0 Å². The van der Waals surface area contributed by atoms with Gasteiger partial charge in [0.2, 0.25) is 11.8 Å². The van der Waals surface area contributed by atoms with Crippen LogP contribution in [-0.2, 0) is 0 Å². The van der Waals surface area contributed by atoms with Crippen LogP contribution in [0, 0.1) is 11.8 Å². The maximum absolute atomic E-state index is 12.8. The average Bonchev–Trinajstić information content (AvgIpc) is 2.54. The third-order valence-corrected chi connectivity index (χ3v) is 5.07. The van der Waals surface area contributed by atoms with Gasteiger partial charge >= 0.3 is 0 Å². The van der Waals surface area contributed by atoms with E-state index in [-0.39, 0.29) is 35.3 Å². The summed E-state index contributed by atoms with van der Waals surface area (Å²) in [6, 6.07) is 0.410. The maximum atomic E-state index is 12.8. The van der Waals surface area contributed by atoms with Gasteiger partial charge in [0.15, 0.2) is 5.56 Å². The van der Waals surface area contributed by atoms with E-state index in [2.05, 4.69) is 15.3 Å². The Labute approximate surface area is 136 Å². The number of carbonyl (C=O) groups excluding carboxylic acids is 1. The number of nitrogens with zero attached hydrogens (tertiary/aromatic N) is 2. The number of ether oxygens (including phenoxy) is 2. The Morgan fingerprint density at radius 1 is 1.17 bits per heavy atom. The lowest BCUT2D eigenvalue weighted by molar-refractivity contribution is 0.0749. The first-order valence-corrected chi connectivity index (χ1v) is 8.13. The van der Waals surface area contributed by atoms with Gasteiger partial charge in [0, 0.05) is 12.1 Å². The molecule has 2 unspecified atom stereocenters. The second-order valence-electron chi connectivity index (χ2n) is 6.45. The summed E-state index contributed by atoms with van der Waals surface area (Å²) >= 11 is 0. The van der Waals surface area contributed by atoms with Crippen molar-refractivity contribution in [1.82, 2.24) is 15.3 Å². The molecule has 2 bridgehead atoms. The maximum Gasteiger partial charge on any atom is 0.262 e. The molecule has 3 rings (SSSR count). The van der Waals surface area contributed by atoms with Crippen LogP contribution in [0.1, 0.15) is 42.5 Å². The molecule has 2 aliphatic carbocycles. The van der Waals surface area contributed by atoms with Crippen molar-refractivity contribution in [2.24, 2.45) is 17.6 Å². The lowest BCUT2D eigenvalue weighted by Gasteiger charge is -2.45. The van der Waals surface area contributed by atoms with Crippen LogP contribution in [0.2, 0.25) is 0 Å². The molecule has 0 spiro atoms. The second kappa shape index (κ2) is 6.70. The van der Waals surface area contributed by atoms with Gasteiger partial charge in [-0.2, -0.15) is 0 Å². The minimum absolute atomic E-state index is 0.158. The molecule has 2 fully saturated rings. The number of fused-ring (bicyclic) bond motifs is 2. The number of hydrogen-bond donors (Lipinski definition) is 2. The number of carbonyl (C=O) groups is 1. The van der Waals surface area contributed by atoms with Gasteiger partial charge in [-0.1, -0.05) is 6.42 Å². The molecule has 0 aliphatic heterocycles. The van der Waals surface area contributed by atoms with Crippen LogP contribution in [0.4, 0.5) is 0 Å². The van der Waals surface area contributed by atoms with E-state index in [9.17, 15) is 4.79 Å². The van der Waals surface area contributed by atoms with Gasteiger partial charge in [0.1, 0.15) is 6.33 Å². The van der Waals surface area contributed by atoms with Crippen LogP contribution >= 0.6 is 0 Å². The summed E-state index contributed by atoms with van der Waals surface area (Å²) in [6.45, 7) is 0. The van der Waals surface area contributed by atoms with E-state index in [0.29, 0.717) is 11.8 Å². The first-order valence-electron chi connectivity index (χ1n) is 8.13. The van der Waals surface area contributed by atoms with Crippen LogP contribution in [0.15, 0.2) is 6.33 Å². The molecule has 0 radical (unpaired) electrons. The molecule has 1 aromatic heterocycles. The van der Waals surface area contributed by atoms with Crippen LogP contribution < -0.4 is 20.5 Å². The van der Waals surface area contributed by atoms with Gasteiger partial charge in [-0.3, -0.25) is 4.79 Å². The highest BCUT2D eigenvalue weighted by Gasteiger charge is 2.40. The van der Waals surface area contributed by atoms with Crippen LogP contribution in [0.25, 0.3) is 0 Å². The summed E-state index contributed by atoms with van der Waals surface area (Å²) in [7, 11) is 2.96. The zero-order valence-electron chi connectivity index (χ0n) is 13.6. The van der Waals surface area contributed by atoms with Crippen molar-refractivity contribution in [3.63, 3.8) is 0 Å². The monoisotopic (exact) mass is 320 g/mol. The van der Waals surface area contributed by atoms with Crippen molar-refractivity contribution in [2.45, 2.75) is 44.2 Å². The summed E-state index contributed by atoms with van der Waals surface area (Å²) in [5.41, 5.74) is 6.40. The molecule has 23 heavy (non-hydrogen) atoms. The van der Waals surface area contributed by atoms with E-state index < -0.39 is 0 Å². The molecule has 7 nitrogen and oxygen atoms in total. The first kappa shape index (κ1) is 16.0. The molecule has 0 saturated heterocycles. The third kappa shape index (κ3) is 3.10. The van der Waals surface area contributed by atoms with Crippen molar-refractivity contribution < 1.29 is 14.3 Å². The molecule has 2 atom stereocenters. The normalized spacial score (nSPS) is 29.7. The highest BCUT2D eigenvalue weighted by Crippen LogP contribution is 2.40. The molecule has 2 aliphatic rings. The van der Waals surface area contributed by atoms with E-state index in [1.54, 1.807) is 0 Å². The smallest absolute Gasteiger partial charge is 0.262 e. The number of nitrogens with two attached hydrogens (primary N) is 1. The van der Waals surface area contributed by atoms with Crippen molar-refractivity contribution in [3.05, 3.63) is 11.9 Å². The molecule has 1 aromatic rings. The largest absolute Gasteiger partial charge is 0.480 e. The number of amides is 1. The number of aromatic nitrogens is 2. The fourth-order valence-corrected chi connectivity index (χ4v) is 4.11. The fourth-order valence-electron chi connectivity index (χ4n) is 4.11. The van der Waals surface area contributed by atoms with Crippen LogP contribution in [0.5, 0.6) is 11.8 Å². The highest BCUT2D eigenvalue weighted by molar-refractivity contribution is 5.98. The van der Waals surface area contributed by atoms with Gasteiger partial charge in [0.05, 0.1) is 14.2 Å². The summed E-state index contributed by atoms with van der Waals surface area (Å²) in [5.74, 6) is 1.11. The van der Waals surface area contributed by atoms with E-state index in [0.717, 1.165) is 25.7 Å². The molecule has 1 heterocycles. The van der Waals surface area contributed by atoms with Crippen molar-refractivity contribution in [3.8, 4) is 11.8 Å². The van der Waals surface area contributed by atoms with Crippen molar-refractivity contribution in [1.29, 1.82) is 0 Å². The van der Waals surface area contributed by atoms with E-state index in [1.807, 2.05) is 0 Å². The molecule has 126 valence electrons. The highest BCUT2D eigenvalue weighted by atomic mass is 16.5. The molecule has 0 aromatic carbocycles. The molecular weight excluding hydrogens is 296 g/mol. The summed E-state index contributed by atoms with van der Waals surface area (Å²) < 4.78 is 10.4. The quantitative estimate of drug-likeness (QED) is 0.863. The van der Waals surface area contributed by atoms with E-state index in [1.165, 1.54) is 27.0 Å². The first-order chi connectivity index (χ1) is 11.1. The van der Waals surface area contributed by atoms with Crippen molar-refractivity contribution >= 4 is 5.91 Å². The summed E-state index contributed by atoms with van der Waals surface area (Å²) in [4.78, 5) is 20.8. The standard InChI is InChI=1S/C16H24N4O3/c1-22-15-12(16(23-2)19-8-18-15)14(21)20-13-9-4-3-5-10(13)7-11(17)6-9/h8-11,13H,3-7,17H2,1-2H3,(H,20,21). The molecule has 2 saturated carbocycles. The Balaban J connectivity index is 1.82. The molecule has 3 N–H and O–H groups in total. The van der Waals surface area contributed by atoms with Gasteiger partial charge < -0.3 is 20.5 Å². The molecule has 7 heteroatoms. The van der Waals surface area contributed by atoms with Gasteiger partial charge in [-0.05, 0) is 37.5 Å². The lowest BCUT2D eigenvalue weighted by Crippen LogP contribution is -2.53. The Morgan fingerprint density at radius 2 is 1.74 bits per heavy atom. The Bertz CT molecular complexity index is 544. The third-order valence-electron chi connectivity index (χ3n) is 5.07. The zero-order chi connectivity index (χ0) is 16.4. The average molecular weight is 320 g/mol. The lowest BCUT2D eigenvalue weighted by atomic mass is 9.67. The topological polar surface area (TPSA) is 99.4 Å². The molecular formula is C16H24N4O3.